The van der Waals surface area contributed by atoms with Crippen LogP contribution in [0.4, 0.5) is 5.69 Å². The molecule has 0 aliphatic carbocycles. The standard InChI is InChI=1S/C17H16BrNOS/c1-3-10-21-16-7-5-4-6-15(16)19-17(20)13-9-8-12(2)14(18)11-13/h3-9,11H,1,10H2,2H3,(H,19,20). The maximum absolute atomic E-state index is 12.3. The van der Waals surface area contributed by atoms with Gasteiger partial charge < -0.3 is 5.32 Å². The van der Waals surface area contributed by atoms with Gasteiger partial charge in [-0.25, -0.2) is 0 Å². The number of hydrogen-bond acceptors (Lipinski definition) is 2. The number of aryl methyl sites for hydroxylation is 1. The Morgan fingerprint density at radius 2 is 2.10 bits per heavy atom. The predicted octanol–water partition coefficient (Wildman–Crippen LogP) is 5.29. The second-order valence-electron chi connectivity index (χ2n) is 4.51. The summed E-state index contributed by atoms with van der Waals surface area (Å²) >= 11 is 5.10. The van der Waals surface area contributed by atoms with E-state index in [-0.39, 0.29) is 5.91 Å². The SMILES string of the molecule is C=CCSc1ccccc1NC(=O)c1ccc(C)c(Br)c1. The minimum Gasteiger partial charge on any atom is -0.321 e. The fourth-order valence-corrected chi connectivity index (χ4v) is 2.90. The van der Waals surface area contributed by atoms with Crippen LogP contribution in [0.2, 0.25) is 0 Å². The summed E-state index contributed by atoms with van der Waals surface area (Å²) in [5, 5.41) is 2.97. The molecule has 0 radical (unpaired) electrons. The van der Waals surface area contributed by atoms with Crippen molar-refractivity contribution < 1.29 is 4.79 Å². The summed E-state index contributed by atoms with van der Waals surface area (Å²) in [6.45, 7) is 5.71. The molecule has 0 unspecified atom stereocenters. The van der Waals surface area contributed by atoms with Crippen molar-refractivity contribution in [2.45, 2.75) is 11.8 Å². The quantitative estimate of drug-likeness (QED) is 0.579. The molecule has 2 aromatic carbocycles. The molecule has 108 valence electrons. The second kappa shape index (κ2) is 7.48. The Kier molecular flexibility index (Phi) is 5.65. The molecular weight excluding hydrogens is 346 g/mol. The van der Waals surface area contributed by atoms with Crippen LogP contribution in [0.5, 0.6) is 0 Å². The smallest absolute Gasteiger partial charge is 0.255 e. The Bertz CT molecular complexity index is 670. The van der Waals surface area contributed by atoms with Gasteiger partial charge in [-0.05, 0) is 36.8 Å². The van der Waals surface area contributed by atoms with Crippen molar-refractivity contribution in [1.82, 2.24) is 0 Å². The van der Waals surface area contributed by atoms with Crippen LogP contribution in [0, 0.1) is 6.92 Å². The average molecular weight is 362 g/mol. The minimum absolute atomic E-state index is 0.109. The normalized spacial score (nSPS) is 10.2. The van der Waals surface area contributed by atoms with E-state index in [1.54, 1.807) is 11.8 Å². The molecule has 2 nitrogen and oxygen atoms in total. The molecule has 0 spiro atoms. The lowest BCUT2D eigenvalue weighted by molar-refractivity contribution is 0.102. The first-order chi connectivity index (χ1) is 10.1. The van der Waals surface area contributed by atoms with Gasteiger partial charge in [0.2, 0.25) is 0 Å². The van der Waals surface area contributed by atoms with Crippen molar-refractivity contribution in [1.29, 1.82) is 0 Å². The Morgan fingerprint density at radius 3 is 2.81 bits per heavy atom. The lowest BCUT2D eigenvalue weighted by Gasteiger charge is -2.10. The summed E-state index contributed by atoms with van der Waals surface area (Å²) in [6, 6.07) is 13.4. The van der Waals surface area contributed by atoms with Gasteiger partial charge in [0.25, 0.3) is 5.91 Å². The molecule has 2 aromatic rings. The fourth-order valence-electron chi connectivity index (χ4n) is 1.77. The highest BCUT2D eigenvalue weighted by Gasteiger charge is 2.10. The first-order valence-corrected chi connectivity index (χ1v) is 8.30. The number of hydrogen-bond donors (Lipinski definition) is 1. The molecule has 0 aromatic heterocycles. The van der Waals surface area contributed by atoms with E-state index >= 15 is 0 Å². The van der Waals surface area contributed by atoms with Crippen molar-refractivity contribution in [3.05, 3.63) is 70.7 Å². The number of nitrogens with one attached hydrogen (secondary N) is 1. The van der Waals surface area contributed by atoms with E-state index in [9.17, 15) is 4.79 Å². The van der Waals surface area contributed by atoms with Gasteiger partial charge in [-0.2, -0.15) is 0 Å². The number of para-hydroxylation sites is 1. The van der Waals surface area contributed by atoms with Crippen LogP contribution in [-0.4, -0.2) is 11.7 Å². The summed E-state index contributed by atoms with van der Waals surface area (Å²) in [5.41, 5.74) is 2.57. The fraction of sp³-hybridized carbons (Fsp3) is 0.118. The third-order valence-corrected chi connectivity index (χ3v) is 4.85. The van der Waals surface area contributed by atoms with Crippen molar-refractivity contribution in [2.75, 3.05) is 11.1 Å². The topological polar surface area (TPSA) is 29.1 Å². The van der Waals surface area contributed by atoms with Gasteiger partial charge in [0.15, 0.2) is 0 Å². The minimum atomic E-state index is -0.109. The first-order valence-electron chi connectivity index (χ1n) is 6.52. The highest BCUT2D eigenvalue weighted by atomic mass is 79.9. The largest absolute Gasteiger partial charge is 0.321 e. The van der Waals surface area contributed by atoms with E-state index in [0.29, 0.717) is 5.56 Å². The molecule has 1 N–H and O–H groups in total. The van der Waals surface area contributed by atoms with Crippen LogP contribution in [-0.2, 0) is 0 Å². The zero-order valence-electron chi connectivity index (χ0n) is 11.7. The van der Waals surface area contributed by atoms with Crippen LogP contribution in [0.15, 0.2) is 64.5 Å². The Labute approximate surface area is 137 Å². The lowest BCUT2D eigenvalue weighted by Crippen LogP contribution is -2.12. The monoisotopic (exact) mass is 361 g/mol. The van der Waals surface area contributed by atoms with Crippen LogP contribution >= 0.6 is 27.7 Å². The molecule has 21 heavy (non-hydrogen) atoms. The maximum atomic E-state index is 12.3. The zero-order valence-corrected chi connectivity index (χ0v) is 14.1. The molecule has 2 rings (SSSR count). The van der Waals surface area contributed by atoms with Crippen molar-refractivity contribution in [2.24, 2.45) is 0 Å². The molecule has 0 aliphatic rings. The number of rotatable bonds is 5. The predicted molar refractivity (Wildman–Crippen MR) is 94.2 cm³/mol. The van der Waals surface area contributed by atoms with E-state index in [2.05, 4.69) is 27.8 Å². The number of anilines is 1. The summed E-state index contributed by atoms with van der Waals surface area (Å²) in [7, 11) is 0. The highest BCUT2D eigenvalue weighted by Crippen LogP contribution is 2.27. The molecule has 1 amide bonds. The molecule has 0 heterocycles. The highest BCUT2D eigenvalue weighted by molar-refractivity contribution is 9.10. The van der Waals surface area contributed by atoms with E-state index in [4.69, 9.17) is 0 Å². The van der Waals surface area contributed by atoms with Gasteiger partial charge in [-0.3, -0.25) is 4.79 Å². The van der Waals surface area contributed by atoms with Gasteiger partial charge in [-0.1, -0.05) is 40.2 Å². The van der Waals surface area contributed by atoms with Gasteiger partial charge in [-0.15, -0.1) is 18.3 Å². The van der Waals surface area contributed by atoms with Crippen LogP contribution in [0.1, 0.15) is 15.9 Å². The second-order valence-corrected chi connectivity index (χ2v) is 6.43. The molecule has 0 fully saturated rings. The molecule has 0 aliphatic heterocycles. The maximum Gasteiger partial charge on any atom is 0.255 e. The molecule has 0 saturated carbocycles. The number of carbonyl (C=O) groups is 1. The van der Waals surface area contributed by atoms with Crippen molar-refractivity contribution in [3.63, 3.8) is 0 Å². The van der Waals surface area contributed by atoms with E-state index in [0.717, 1.165) is 26.4 Å². The number of benzene rings is 2. The Balaban J connectivity index is 2.19. The van der Waals surface area contributed by atoms with Crippen LogP contribution in [0.25, 0.3) is 0 Å². The Hall–Kier alpha value is -1.52. The third kappa shape index (κ3) is 4.22. The number of carbonyl (C=O) groups excluding carboxylic acids is 1. The zero-order chi connectivity index (χ0) is 15.2. The summed E-state index contributed by atoms with van der Waals surface area (Å²) in [5.74, 6) is 0.700. The van der Waals surface area contributed by atoms with Crippen molar-refractivity contribution in [3.8, 4) is 0 Å². The summed E-state index contributed by atoms with van der Waals surface area (Å²) < 4.78 is 0.935. The Morgan fingerprint density at radius 1 is 1.33 bits per heavy atom. The number of amides is 1. The van der Waals surface area contributed by atoms with Gasteiger partial charge in [0.05, 0.1) is 5.69 Å². The molecule has 0 atom stereocenters. The third-order valence-electron chi connectivity index (χ3n) is 2.93. The molecule has 4 heteroatoms. The summed E-state index contributed by atoms with van der Waals surface area (Å²) in [6.07, 6.45) is 1.85. The van der Waals surface area contributed by atoms with Crippen molar-refractivity contribution >= 4 is 39.3 Å². The average Bonchev–Trinajstić information content (AvgIpc) is 2.49. The first kappa shape index (κ1) is 15.9. The number of thioether (sulfide) groups is 1. The lowest BCUT2D eigenvalue weighted by atomic mass is 10.1. The van der Waals surface area contributed by atoms with E-state index in [1.807, 2.05) is 55.5 Å². The van der Waals surface area contributed by atoms with Gasteiger partial charge in [0, 0.05) is 20.7 Å². The number of halogens is 1. The van der Waals surface area contributed by atoms with E-state index < -0.39 is 0 Å². The molecular formula is C17H16BrNOS. The van der Waals surface area contributed by atoms with Crippen LogP contribution in [0.3, 0.4) is 0 Å². The summed E-state index contributed by atoms with van der Waals surface area (Å²) in [4.78, 5) is 13.4. The van der Waals surface area contributed by atoms with E-state index in [1.165, 1.54) is 0 Å². The molecule has 0 saturated heterocycles. The van der Waals surface area contributed by atoms with Gasteiger partial charge in [0.1, 0.15) is 0 Å². The van der Waals surface area contributed by atoms with Gasteiger partial charge >= 0.3 is 0 Å². The molecule has 0 bridgehead atoms. The van der Waals surface area contributed by atoms with Crippen LogP contribution < -0.4 is 5.32 Å².